The maximum absolute atomic E-state index is 8.36. The van der Waals surface area contributed by atoms with Crippen LogP contribution < -0.4 is 29.6 Å². The molecule has 0 spiro atoms. The number of hydrogen-bond donors (Lipinski definition) is 1. The summed E-state index contributed by atoms with van der Waals surface area (Å²) in [5.74, 6) is 0. The Hall–Kier alpha value is 0.1000. The van der Waals surface area contributed by atoms with Gasteiger partial charge in [0.2, 0.25) is 0 Å². The molecule has 0 aliphatic heterocycles. The predicted molar refractivity (Wildman–Crippen MR) is 29.6 cm³/mol. The van der Waals surface area contributed by atoms with Crippen LogP contribution in [-0.4, -0.2) is 16.6 Å². The molecule has 44 valence electrons. The van der Waals surface area contributed by atoms with Crippen LogP contribution >= 0.6 is 11.3 Å². The van der Waals surface area contributed by atoms with Crippen LogP contribution in [0, 0.1) is 5.51 Å². The largest absolute Gasteiger partial charge is 1.00 e. The quantitative estimate of drug-likeness (QED) is 0.258. The van der Waals surface area contributed by atoms with Crippen molar-refractivity contribution in [3.8, 4) is 0 Å². The molecule has 5 heteroatoms. The van der Waals surface area contributed by atoms with Gasteiger partial charge in [-0.2, -0.15) is 0 Å². The number of aromatic nitrogens is 1. The molecule has 1 N–H and O–H groups in total. The summed E-state index contributed by atoms with van der Waals surface area (Å²) in [5.41, 5.74) is 2.65. The Bertz CT molecular complexity index is 105. The normalized spacial score (nSPS) is 5.78. The van der Waals surface area contributed by atoms with Gasteiger partial charge in [-0.25, -0.2) is 0 Å². The second-order valence-electron chi connectivity index (χ2n) is 0.729. The van der Waals surface area contributed by atoms with Crippen molar-refractivity contribution in [3.05, 3.63) is 17.1 Å². The smallest absolute Gasteiger partial charge is 0.483 e. The molecule has 1 heterocycles. The van der Waals surface area contributed by atoms with Crippen molar-refractivity contribution in [2.75, 3.05) is 0 Å². The topological polar surface area (TPSA) is 50.2 Å². The first-order valence-corrected chi connectivity index (χ1v) is 2.63. The van der Waals surface area contributed by atoms with Crippen LogP contribution in [0.15, 0.2) is 11.6 Å². The van der Waals surface area contributed by atoms with E-state index in [1.807, 2.05) is 5.38 Å². The molecule has 0 amide bonds. The Kier molecular flexibility index (Phi) is 14.4. The number of hydrogen-bond acceptors (Lipinski definition) is 3. The van der Waals surface area contributed by atoms with Crippen LogP contribution in [0.4, 0.5) is 0 Å². The zero-order valence-corrected chi connectivity index (χ0v) is 7.76. The summed E-state index contributed by atoms with van der Waals surface area (Å²) in [6.45, 7) is -0.250. The number of carbonyl (C=O) groups is 1. The summed E-state index contributed by atoms with van der Waals surface area (Å²) >= 11 is 1.48. The second-order valence-corrected chi connectivity index (χ2v) is 1.42. The zero-order chi connectivity index (χ0) is 6.24. The van der Waals surface area contributed by atoms with Crippen LogP contribution in [0.3, 0.4) is 0 Å². The summed E-state index contributed by atoms with van der Waals surface area (Å²) in [5, 5.41) is 8.76. The van der Waals surface area contributed by atoms with E-state index in [2.05, 4.69) is 10.5 Å². The number of thiazole rings is 1. The molecule has 3 nitrogen and oxygen atoms in total. The SMILES string of the molecule is O=CO.[Na+].[c-]1nccs1. The Morgan fingerprint density at radius 3 is 2.44 bits per heavy atom. The maximum Gasteiger partial charge on any atom is 1.00 e. The van der Waals surface area contributed by atoms with Gasteiger partial charge in [-0.1, -0.05) is 0 Å². The minimum absolute atomic E-state index is 0. The predicted octanol–water partition coefficient (Wildman–Crippen LogP) is -2.35. The minimum Gasteiger partial charge on any atom is -0.483 e. The summed E-state index contributed by atoms with van der Waals surface area (Å²) in [7, 11) is 0. The molecular weight excluding hydrogens is 149 g/mol. The molecular formula is C4H4NNaO2S. The number of rotatable bonds is 0. The van der Waals surface area contributed by atoms with Crippen LogP contribution in [-0.2, 0) is 4.79 Å². The van der Waals surface area contributed by atoms with Crippen LogP contribution in [0.1, 0.15) is 0 Å². The third-order valence-corrected chi connectivity index (χ3v) is 0.777. The number of nitrogens with zero attached hydrogens (tertiary/aromatic N) is 1. The molecule has 0 saturated heterocycles. The van der Waals surface area contributed by atoms with E-state index in [9.17, 15) is 0 Å². The monoisotopic (exact) mass is 153 g/mol. The summed E-state index contributed by atoms with van der Waals surface area (Å²) in [6, 6.07) is 0. The van der Waals surface area contributed by atoms with E-state index in [0.717, 1.165) is 0 Å². The Balaban J connectivity index is 0. The first-order valence-electron chi connectivity index (χ1n) is 1.75. The van der Waals surface area contributed by atoms with E-state index in [1.54, 1.807) is 6.20 Å². The summed E-state index contributed by atoms with van der Waals surface area (Å²) in [6.07, 6.45) is 1.71. The molecule has 0 radical (unpaired) electrons. The van der Waals surface area contributed by atoms with Crippen molar-refractivity contribution in [2.45, 2.75) is 0 Å². The van der Waals surface area contributed by atoms with Gasteiger partial charge in [-0.05, 0) is 5.51 Å². The van der Waals surface area contributed by atoms with Gasteiger partial charge in [0.15, 0.2) is 0 Å². The Morgan fingerprint density at radius 2 is 2.33 bits per heavy atom. The molecule has 0 aromatic carbocycles. The second kappa shape index (κ2) is 11.0. The molecule has 0 fully saturated rings. The van der Waals surface area contributed by atoms with Gasteiger partial charge in [0.25, 0.3) is 6.47 Å². The fourth-order valence-corrected chi connectivity index (χ4v) is 0.456. The van der Waals surface area contributed by atoms with Gasteiger partial charge in [0.1, 0.15) is 0 Å². The third kappa shape index (κ3) is 11.6. The van der Waals surface area contributed by atoms with E-state index in [4.69, 9.17) is 9.90 Å². The van der Waals surface area contributed by atoms with Crippen molar-refractivity contribution in [3.63, 3.8) is 0 Å². The summed E-state index contributed by atoms with van der Waals surface area (Å²) < 4.78 is 0. The van der Waals surface area contributed by atoms with Gasteiger partial charge in [-0.3, -0.25) is 16.1 Å². The summed E-state index contributed by atoms with van der Waals surface area (Å²) in [4.78, 5) is 12.0. The van der Waals surface area contributed by atoms with E-state index < -0.39 is 0 Å². The van der Waals surface area contributed by atoms with E-state index in [0.29, 0.717) is 0 Å². The van der Waals surface area contributed by atoms with Crippen molar-refractivity contribution in [2.24, 2.45) is 0 Å². The molecule has 0 unspecified atom stereocenters. The Labute approximate surface area is 79.0 Å². The molecule has 0 bridgehead atoms. The zero-order valence-electron chi connectivity index (χ0n) is 4.94. The molecule has 1 rings (SSSR count). The van der Waals surface area contributed by atoms with Crippen molar-refractivity contribution in [1.29, 1.82) is 0 Å². The van der Waals surface area contributed by atoms with Gasteiger partial charge >= 0.3 is 29.6 Å². The number of carboxylic acid groups (broad SMARTS) is 1. The minimum atomic E-state index is -0.250. The van der Waals surface area contributed by atoms with Crippen molar-refractivity contribution < 1.29 is 39.5 Å². The molecule has 0 atom stereocenters. The molecule has 1 aromatic heterocycles. The van der Waals surface area contributed by atoms with E-state index in [1.165, 1.54) is 11.3 Å². The van der Waals surface area contributed by atoms with E-state index in [-0.39, 0.29) is 36.0 Å². The van der Waals surface area contributed by atoms with Crippen molar-refractivity contribution >= 4 is 17.8 Å². The maximum atomic E-state index is 8.36. The Morgan fingerprint density at radius 1 is 1.78 bits per heavy atom. The molecule has 0 saturated carbocycles. The first-order chi connectivity index (χ1) is 3.91. The standard InChI is InChI=1S/C3H2NS.CH2O2.Na/c1-2-5-3-4-1;2-1-3;/h1-2H;1H,(H,2,3);/q-1;;+1. The first kappa shape index (κ1) is 11.8. The van der Waals surface area contributed by atoms with Crippen LogP contribution in [0.2, 0.25) is 0 Å². The van der Waals surface area contributed by atoms with Crippen LogP contribution in [0.25, 0.3) is 0 Å². The fourth-order valence-electron chi connectivity index (χ4n) is 0.152. The van der Waals surface area contributed by atoms with Gasteiger partial charge < -0.3 is 10.1 Å². The van der Waals surface area contributed by atoms with E-state index >= 15 is 0 Å². The van der Waals surface area contributed by atoms with Gasteiger partial charge in [0.05, 0.1) is 0 Å². The fraction of sp³-hybridized carbons (Fsp3) is 0. The average Bonchev–Trinajstić information content (AvgIpc) is 2.17. The van der Waals surface area contributed by atoms with Gasteiger partial charge in [-0.15, -0.1) is 11.6 Å². The molecule has 0 aliphatic rings. The third-order valence-electron chi connectivity index (χ3n) is 0.309. The molecule has 0 aliphatic carbocycles. The average molecular weight is 153 g/mol. The van der Waals surface area contributed by atoms with Gasteiger partial charge in [0, 0.05) is 0 Å². The van der Waals surface area contributed by atoms with Crippen molar-refractivity contribution in [1.82, 2.24) is 4.98 Å². The molecule has 1 aromatic rings. The van der Waals surface area contributed by atoms with Crippen LogP contribution in [0.5, 0.6) is 0 Å². The molecule has 9 heavy (non-hydrogen) atoms.